The maximum Gasteiger partial charge on any atom is 0.277 e. The van der Waals surface area contributed by atoms with E-state index in [4.69, 9.17) is 10.5 Å². The molecule has 1 unspecified atom stereocenters. The molecule has 1 aliphatic rings. The molecule has 1 fully saturated rings. The second-order valence-corrected chi connectivity index (χ2v) is 3.63. The fourth-order valence-corrected chi connectivity index (χ4v) is 1.35. The lowest BCUT2D eigenvalue weighted by Crippen LogP contribution is -2.46. The molecule has 6 heteroatoms. The first-order valence-electron chi connectivity index (χ1n) is 5.02. The van der Waals surface area contributed by atoms with E-state index < -0.39 is 31.0 Å². The number of alkyl halides is 2. The van der Waals surface area contributed by atoms with Crippen molar-refractivity contribution < 1.29 is 18.3 Å². The number of nitrogens with two attached hydrogens (primary N) is 1. The van der Waals surface area contributed by atoms with Crippen molar-refractivity contribution in [2.75, 3.05) is 19.7 Å². The van der Waals surface area contributed by atoms with Crippen molar-refractivity contribution in [2.45, 2.75) is 31.3 Å². The molecule has 0 aromatic rings. The monoisotopic (exact) mass is 222 g/mol. The third kappa shape index (κ3) is 4.09. The number of amides is 1. The molecule has 88 valence electrons. The Hall–Kier alpha value is -0.750. The van der Waals surface area contributed by atoms with E-state index >= 15 is 0 Å². The molecule has 1 amide bonds. The van der Waals surface area contributed by atoms with Crippen molar-refractivity contribution in [2.24, 2.45) is 5.73 Å². The van der Waals surface area contributed by atoms with Crippen LogP contribution in [0.1, 0.15) is 19.3 Å². The van der Waals surface area contributed by atoms with Gasteiger partial charge in [0.1, 0.15) is 6.10 Å². The van der Waals surface area contributed by atoms with Crippen LogP contribution in [0.2, 0.25) is 0 Å². The molecule has 0 aliphatic carbocycles. The van der Waals surface area contributed by atoms with Gasteiger partial charge in [-0.15, -0.1) is 0 Å². The number of halogens is 2. The summed E-state index contributed by atoms with van der Waals surface area (Å²) >= 11 is 0. The quantitative estimate of drug-likeness (QED) is 0.717. The van der Waals surface area contributed by atoms with Crippen molar-refractivity contribution >= 4 is 5.91 Å². The lowest BCUT2D eigenvalue weighted by Gasteiger charge is -2.23. The Morgan fingerprint density at radius 2 is 2.27 bits per heavy atom. The first-order valence-corrected chi connectivity index (χ1v) is 5.02. The van der Waals surface area contributed by atoms with E-state index in [2.05, 4.69) is 5.32 Å². The van der Waals surface area contributed by atoms with Gasteiger partial charge in [-0.25, -0.2) is 8.78 Å². The molecule has 1 heterocycles. The topological polar surface area (TPSA) is 64.3 Å². The number of ether oxygens (including phenoxy) is 1. The van der Waals surface area contributed by atoms with Crippen molar-refractivity contribution in [1.82, 2.24) is 5.32 Å². The molecule has 1 saturated heterocycles. The molecular weight excluding hydrogens is 206 g/mol. The third-order valence-electron chi connectivity index (χ3n) is 2.29. The van der Waals surface area contributed by atoms with Gasteiger partial charge in [0.15, 0.2) is 0 Å². The molecule has 1 atom stereocenters. The smallest absolute Gasteiger partial charge is 0.277 e. The highest BCUT2D eigenvalue weighted by atomic mass is 19.3. The summed E-state index contributed by atoms with van der Waals surface area (Å²) in [5.41, 5.74) is 4.84. The van der Waals surface area contributed by atoms with Crippen LogP contribution in [0.4, 0.5) is 8.78 Å². The number of hydrogen-bond donors (Lipinski definition) is 2. The van der Waals surface area contributed by atoms with Gasteiger partial charge in [0.2, 0.25) is 5.91 Å². The first-order chi connectivity index (χ1) is 7.05. The number of rotatable bonds is 4. The molecule has 0 spiro atoms. The molecule has 1 rings (SSSR count). The summed E-state index contributed by atoms with van der Waals surface area (Å²) in [5, 5.41) is 2.15. The molecule has 15 heavy (non-hydrogen) atoms. The predicted octanol–water partition coefficient (Wildman–Crippen LogP) is 0.266. The van der Waals surface area contributed by atoms with E-state index in [9.17, 15) is 13.6 Å². The summed E-state index contributed by atoms with van der Waals surface area (Å²) < 4.78 is 30.6. The summed E-state index contributed by atoms with van der Waals surface area (Å²) in [4.78, 5) is 11.4. The van der Waals surface area contributed by atoms with E-state index in [0.29, 0.717) is 13.0 Å². The molecule has 3 N–H and O–H groups in total. The number of nitrogens with one attached hydrogen (secondary N) is 1. The highest BCUT2D eigenvalue weighted by molar-refractivity contribution is 5.80. The van der Waals surface area contributed by atoms with Crippen molar-refractivity contribution in [1.29, 1.82) is 0 Å². The number of hydrogen-bond acceptors (Lipinski definition) is 3. The van der Waals surface area contributed by atoms with Gasteiger partial charge in [-0.3, -0.25) is 4.79 Å². The molecule has 0 saturated carbocycles. The zero-order valence-electron chi connectivity index (χ0n) is 8.47. The summed E-state index contributed by atoms with van der Waals surface area (Å²) in [6.45, 7) is -0.966. The molecule has 0 aromatic carbocycles. The molecule has 0 radical (unpaired) electrons. The predicted molar refractivity (Wildman–Crippen MR) is 50.6 cm³/mol. The Balaban J connectivity index is 2.28. The van der Waals surface area contributed by atoms with Crippen LogP contribution in [0.15, 0.2) is 0 Å². The highest BCUT2D eigenvalue weighted by Gasteiger charge is 2.29. The van der Waals surface area contributed by atoms with Crippen LogP contribution in [-0.4, -0.2) is 37.6 Å². The van der Waals surface area contributed by atoms with Gasteiger partial charge < -0.3 is 15.8 Å². The van der Waals surface area contributed by atoms with Gasteiger partial charge in [0.05, 0.1) is 13.1 Å². The largest absolute Gasteiger partial charge is 0.368 e. The SMILES string of the molecule is NCC(F)(F)CNC(=O)C1CCCCO1. The molecule has 0 bridgehead atoms. The molecule has 4 nitrogen and oxygen atoms in total. The number of carbonyl (C=O) groups excluding carboxylic acids is 1. The number of carbonyl (C=O) groups is 1. The van der Waals surface area contributed by atoms with Crippen LogP contribution < -0.4 is 11.1 Å². The van der Waals surface area contributed by atoms with Gasteiger partial charge in [-0.1, -0.05) is 0 Å². The van der Waals surface area contributed by atoms with Crippen LogP contribution in [-0.2, 0) is 9.53 Å². The summed E-state index contributed by atoms with van der Waals surface area (Å²) in [6, 6.07) is 0. The molecular formula is C9H16F2N2O2. The fourth-order valence-electron chi connectivity index (χ4n) is 1.35. The zero-order chi connectivity index (χ0) is 11.3. The zero-order valence-corrected chi connectivity index (χ0v) is 8.47. The average molecular weight is 222 g/mol. The van der Waals surface area contributed by atoms with Gasteiger partial charge in [0, 0.05) is 6.61 Å². The minimum Gasteiger partial charge on any atom is -0.368 e. The van der Waals surface area contributed by atoms with Crippen LogP contribution in [0.25, 0.3) is 0 Å². The summed E-state index contributed by atoms with van der Waals surface area (Å²) in [6.07, 6.45) is 1.83. The second kappa shape index (κ2) is 5.37. The Kier molecular flexibility index (Phi) is 4.41. The summed E-state index contributed by atoms with van der Waals surface area (Å²) in [7, 11) is 0. The minimum absolute atomic E-state index is 0.470. The van der Waals surface area contributed by atoms with Crippen molar-refractivity contribution in [3.63, 3.8) is 0 Å². The van der Waals surface area contributed by atoms with E-state index in [0.717, 1.165) is 12.8 Å². The van der Waals surface area contributed by atoms with E-state index in [1.807, 2.05) is 0 Å². The Labute approximate surface area is 87.1 Å². The molecule has 0 aromatic heterocycles. The van der Waals surface area contributed by atoms with E-state index in [-0.39, 0.29) is 0 Å². The standard InChI is InChI=1S/C9H16F2N2O2/c10-9(11,5-12)6-13-8(14)7-3-1-2-4-15-7/h7H,1-6,12H2,(H,13,14). The van der Waals surface area contributed by atoms with E-state index in [1.165, 1.54) is 0 Å². The van der Waals surface area contributed by atoms with E-state index in [1.54, 1.807) is 0 Å². The Bertz CT molecular complexity index is 218. The third-order valence-corrected chi connectivity index (χ3v) is 2.29. The lowest BCUT2D eigenvalue weighted by molar-refractivity contribution is -0.137. The van der Waals surface area contributed by atoms with Crippen LogP contribution in [0.3, 0.4) is 0 Å². The van der Waals surface area contributed by atoms with Gasteiger partial charge in [-0.2, -0.15) is 0 Å². The fraction of sp³-hybridized carbons (Fsp3) is 0.889. The first kappa shape index (κ1) is 12.3. The normalized spacial score (nSPS) is 22.5. The van der Waals surface area contributed by atoms with Crippen LogP contribution in [0, 0.1) is 0 Å². The summed E-state index contributed by atoms with van der Waals surface area (Å²) in [5.74, 6) is -3.51. The van der Waals surface area contributed by atoms with Crippen molar-refractivity contribution in [3.05, 3.63) is 0 Å². The highest BCUT2D eigenvalue weighted by Crippen LogP contribution is 2.13. The maximum atomic E-state index is 12.7. The average Bonchev–Trinajstić information content (AvgIpc) is 2.27. The van der Waals surface area contributed by atoms with Crippen molar-refractivity contribution in [3.8, 4) is 0 Å². The van der Waals surface area contributed by atoms with Crippen LogP contribution in [0.5, 0.6) is 0 Å². The maximum absolute atomic E-state index is 12.7. The Morgan fingerprint density at radius 1 is 1.53 bits per heavy atom. The minimum atomic E-state index is -3.04. The Morgan fingerprint density at radius 3 is 2.80 bits per heavy atom. The van der Waals surface area contributed by atoms with Gasteiger partial charge in [0.25, 0.3) is 5.92 Å². The van der Waals surface area contributed by atoms with Gasteiger partial charge >= 0.3 is 0 Å². The second-order valence-electron chi connectivity index (χ2n) is 3.63. The lowest BCUT2D eigenvalue weighted by atomic mass is 10.1. The molecule has 1 aliphatic heterocycles. The van der Waals surface area contributed by atoms with Crippen LogP contribution >= 0.6 is 0 Å². The van der Waals surface area contributed by atoms with Gasteiger partial charge in [-0.05, 0) is 19.3 Å².